The quantitative estimate of drug-likeness (QED) is 0.932. The second-order valence-corrected chi connectivity index (χ2v) is 4.80. The Labute approximate surface area is 117 Å². The van der Waals surface area contributed by atoms with Gasteiger partial charge in [0, 0.05) is 30.5 Å². The molecule has 2 aromatic rings. The maximum Gasteiger partial charge on any atom is 0.272 e. The van der Waals surface area contributed by atoms with Crippen LogP contribution in [0.4, 0.5) is 0 Å². The minimum Gasteiger partial charge on any atom is -0.339 e. The number of halogens is 1. The molecule has 0 fully saturated rings. The molecule has 19 heavy (non-hydrogen) atoms. The minimum absolute atomic E-state index is 0.0860. The Morgan fingerprint density at radius 3 is 2.84 bits per heavy atom. The van der Waals surface area contributed by atoms with Crippen molar-refractivity contribution in [3.63, 3.8) is 0 Å². The van der Waals surface area contributed by atoms with Gasteiger partial charge >= 0.3 is 0 Å². The van der Waals surface area contributed by atoms with Crippen molar-refractivity contribution in [1.29, 1.82) is 0 Å². The van der Waals surface area contributed by atoms with E-state index in [9.17, 15) is 4.79 Å². The van der Waals surface area contributed by atoms with Crippen LogP contribution in [0.25, 0.3) is 10.9 Å². The van der Waals surface area contributed by atoms with Crippen LogP contribution in [-0.4, -0.2) is 43.0 Å². The molecule has 0 aliphatic heterocycles. The van der Waals surface area contributed by atoms with Crippen LogP contribution >= 0.6 is 11.6 Å². The van der Waals surface area contributed by atoms with Crippen molar-refractivity contribution >= 4 is 28.4 Å². The summed E-state index contributed by atoms with van der Waals surface area (Å²) in [7, 11) is 3.62. The van der Waals surface area contributed by atoms with E-state index in [1.807, 2.05) is 25.2 Å². The fourth-order valence-electron chi connectivity index (χ4n) is 1.79. The molecule has 1 aromatic heterocycles. The first kappa shape index (κ1) is 13.8. The summed E-state index contributed by atoms with van der Waals surface area (Å²) in [5.41, 5.74) is 1.17. The van der Waals surface area contributed by atoms with Crippen molar-refractivity contribution in [3.05, 3.63) is 41.0 Å². The Hall–Kier alpha value is -1.65. The van der Waals surface area contributed by atoms with Crippen LogP contribution in [-0.2, 0) is 0 Å². The molecule has 2 rings (SSSR count). The summed E-state index contributed by atoms with van der Waals surface area (Å²) in [6.45, 7) is 1.40. The van der Waals surface area contributed by atoms with Gasteiger partial charge in [-0.1, -0.05) is 23.7 Å². The molecule has 4 nitrogen and oxygen atoms in total. The van der Waals surface area contributed by atoms with Gasteiger partial charge in [0.05, 0.1) is 5.52 Å². The van der Waals surface area contributed by atoms with Crippen molar-refractivity contribution in [1.82, 2.24) is 15.2 Å². The van der Waals surface area contributed by atoms with Crippen LogP contribution in [0.3, 0.4) is 0 Å². The molecule has 1 N–H and O–H groups in total. The summed E-state index contributed by atoms with van der Waals surface area (Å²) in [6, 6.07) is 9.10. The molecule has 0 unspecified atom stereocenters. The van der Waals surface area contributed by atoms with Gasteiger partial charge in [-0.15, -0.1) is 0 Å². The highest BCUT2D eigenvalue weighted by atomic mass is 35.5. The van der Waals surface area contributed by atoms with Gasteiger partial charge in [-0.2, -0.15) is 0 Å². The summed E-state index contributed by atoms with van der Waals surface area (Å²) in [4.78, 5) is 18.2. The lowest BCUT2D eigenvalue weighted by atomic mass is 10.2. The number of hydrogen-bond acceptors (Lipinski definition) is 3. The smallest absolute Gasteiger partial charge is 0.272 e. The van der Waals surface area contributed by atoms with E-state index in [0.29, 0.717) is 17.3 Å². The Balaban J connectivity index is 2.27. The number of likely N-dealkylation sites (N-methyl/N-ethyl adjacent to an activating group) is 2. The third-order valence-corrected chi connectivity index (χ3v) is 3.15. The molecule has 1 amide bonds. The first-order valence-electron chi connectivity index (χ1n) is 6.08. The van der Waals surface area contributed by atoms with E-state index >= 15 is 0 Å². The number of nitrogens with one attached hydrogen (secondary N) is 1. The number of hydrogen-bond donors (Lipinski definition) is 1. The second kappa shape index (κ2) is 5.99. The standard InChI is InChI=1S/C14H16ClN3O/c1-16-7-8-18(2)14(19)12-6-4-10-3-5-11(15)9-13(10)17-12/h3-6,9,16H,7-8H2,1-2H3. The Bertz CT molecular complexity index is 600. The first-order chi connectivity index (χ1) is 9.11. The third kappa shape index (κ3) is 3.22. The lowest BCUT2D eigenvalue weighted by Crippen LogP contribution is -2.33. The maximum atomic E-state index is 12.2. The van der Waals surface area contributed by atoms with Crippen LogP contribution in [0, 0.1) is 0 Å². The van der Waals surface area contributed by atoms with Crippen molar-refractivity contribution in [2.24, 2.45) is 0 Å². The van der Waals surface area contributed by atoms with E-state index < -0.39 is 0 Å². The largest absolute Gasteiger partial charge is 0.339 e. The summed E-state index contributed by atoms with van der Waals surface area (Å²) >= 11 is 5.94. The lowest BCUT2D eigenvalue weighted by Gasteiger charge is -2.16. The summed E-state index contributed by atoms with van der Waals surface area (Å²) in [5.74, 6) is -0.0860. The van der Waals surface area contributed by atoms with E-state index in [1.165, 1.54) is 0 Å². The van der Waals surface area contributed by atoms with Crippen LogP contribution in [0.5, 0.6) is 0 Å². The SMILES string of the molecule is CNCCN(C)C(=O)c1ccc2ccc(Cl)cc2n1. The molecule has 0 aliphatic rings. The fourth-order valence-corrected chi connectivity index (χ4v) is 1.95. The molecule has 0 saturated heterocycles. The highest BCUT2D eigenvalue weighted by Gasteiger charge is 2.13. The molecular formula is C14H16ClN3O. The van der Waals surface area contributed by atoms with Gasteiger partial charge in [-0.3, -0.25) is 4.79 Å². The molecule has 0 spiro atoms. The average molecular weight is 278 g/mol. The highest BCUT2D eigenvalue weighted by Crippen LogP contribution is 2.18. The first-order valence-corrected chi connectivity index (χ1v) is 6.46. The van der Waals surface area contributed by atoms with Gasteiger partial charge in [0.15, 0.2) is 0 Å². The lowest BCUT2D eigenvalue weighted by molar-refractivity contribution is 0.0791. The zero-order valence-electron chi connectivity index (χ0n) is 11.0. The number of aromatic nitrogens is 1. The number of amides is 1. The zero-order valence-corrected chi connectivity index (χ0v) is 11.7. The maximum absolute atomic E-state index is 12.2. The normalized spacial score (nSPS) is 10.7. The molecular weight excluding hydrogens is 262 g/mol. The Morgan fingerprint density at radius 2 is 2.11 bits per heavy atom. The number of rotatable bonds is 4. The second-order valence-electron chi connectivity index (χ2n) is 4.36. The zero-order chi connectivity index (χ0) is 13.8. The molecule has 0 atom stereocenters. The molecule has 0 aliphatic carbocycles. The molecule has 1 heterocycles. The molecule has 0 radical (unpaired) electrons. The molecule has 0 saturated carbocycles. The number of fused-ring (bicyclic) bond motifs is 1. The van der Waals surface area contributed by atoms with Crippen LogP contribution in [0.2, 0.25) is 5.02 Å². The summed E-state index contributed by atoms with van der Waals surface area (Å²) < 4.78 is 0. The predicted molar refractivity (Wildman–Crippen MR) is 77.6 cm³/mol. The monoisotopic (exact) mass is 277 g/mol. The predicted octanol–water partition coefficient (Wildman–Crippen LogP) is 2.18. The van der Waals surface area contributed by atoms with E-state index in [0.717, 1.165) is 17.4 Å². The number of benzene rings is 1. The van der Waals surface area contributed by atoms with Gasteiger partial charge in [0.25, 0.3) is 5.91 Å². The van der Waals surface area contributed by atoms with Crippen molar-refractivity contribution in [2.75, 3.05) is 27.2 Å². The molecule has 1 aromatic carbocycles. The van der Waals surface area contributed by atoms with Gasteiger partial charge in [-0.05, 0) is 25.2 Å². The number of carbonyl (C=O) groups is 1. The van der Waals surface area contributed by atoms with Crippen molar-refractivity contribution < 1.29 is 4.79 Å². The van der Waals surface area contributed by atoms with Gasteiger partial charge < -0.3 is 10.2 Å². The van der Waals surface area contributed by atoms with Crippen LogP contribution in [0.1, 0.15) is 10.5 Å². The van der Waals surface area contributed by atoms with E-state index in [-0.39, 0.29) is 5.91 Å². The topological polar surface area (TPSA) is 45.2 Å². The number of pyridine rings is 1. The fraction of sp³-hybridized carbons (Fsp3) is 0.286. The highest BCUT2D eigenvalue weighted by molar-refractivity contribution is 6.31. The molecule has 0 bridgehead atoms. The summed E-state index contributed by atoms with van der Waals surface area (Å²) in [6.07, 6.45) is 0. The number of carbonyl (C=O) groups excluding carboxylic acids is 1. The minimum atomic E-state index is -0.0860. The van der Waals surface area contributed by atoms with E-state index in [1.54, 1.807) is 24.1 Å². The Kier molecular flexibility index (Phi) is 4.35. The Morgan fingerprint density at radius 1 is 1.37 bits per heavy atom. The van der Waals surface area contributed by atoms with Gasteiger partial charge in [0.2, 0.25) is 0 Å². The van der Waals surface area contributed by atoms with E-state index in [4.69, 9.17) is 11.6 Å². The molecule has 100 valence electrons. The van der Waals surface area contributed by atoms with Gasteiger partial charge in [0.1, 0.15) is 5.69 Å². The molecule has 5 heteroatoms. The van der Waals surface area contributed by atoms with Gasteiger partial charge in [-0.25, -0.2) is 4.98 Å². The van der Waals surface area contributed by atoms with Crippen molar-refractivity contribution in [2.45, 2.75) is 0 Å². The van der Waals surface area contributed by atoms with E-state index in [2.05, 4.69) is 10.3 Å². The van der Waals surface area contributed by atoms with Crippen LogP contribution in [0.15, 0.2) is 30.3 Å². The summed E-state index contributed by atoms with van der Waals surface area (Å²) in [5, 5.41) is 4.60. The van der Waals surface area contributed by atoms with Crippen molar-refractivity contribution in [3.8, 4) is 0 Å². The number of nitrogens with zero attached hydrogens (tertiary/aromatic N) is 2. The van der Waals surface area contributed by atoms with Crippen LogP contribution < -0.4 is 5.32 Å². The average Bonchev–Trinajstić information content (AvgIpc) is 2.43. The third-order valence-electron chi connectivity index (χ3n) is 2.92.